The van der Waals surface area contributed by atoms with E-state index in [1.54, 1.807) is 0 Å². The fraction of sp³-hybridized carbons (Fsp3) is 0.250. The van der Waals surface area contributed by atoms with Gasteiger partial charge in [0, 0.05) is 10.7 Å². The first-order valence-corrected chi connectivity index (χ1v) is 15.1. The molecule has 0 aliphatic heterocycles. The van der Waals surface area contributed by atoms with Gasteiger partial charge in [0.15, 0.2) is 0 Å². The number of hydrogen-bond acceptors (Lipinski definition) is 0. The van der Waals surface area contributed by atoms with Crippen LogP contribution in [0.15, 0.2) is 91.0 Å². The Bertz CT molecular complexity index is 692. The van der Waals surface area contributed by atoms with Crippen LogP contribution in [0.2, 0.25) is 0 Å². The molecular weight excluding hydrogens is 479 g/mol. The first-order chi connectivity index (χ1) is 13.2. The molecule has 0 nitrogen and oxygen atoms in total. The number of benzene rings is 3. The summed E-state index contributed by atoms with van der Waals surface area (Å²) in [5.41, 5.74) is 4.04. The van der Waals surface area contributed by atoms with Crippen molar-refractivity contribution in [2.75, 3.05) is 6.16 Å². The fourth-order valence-corrected chi connectivity index (χ4v) is 5.87. The Kier molecular flexibility index (Phi) is 8.12. The highest BCUT2D eigenvalue weighted by Crippen LogP contribution is 2.52. The molecule has 0 atom stereocenters. The van der Waals surface area contributed by atoms with Crippen molar-refractivity contribution in [2.24, 2.45) is 0 Å². The molecule has 0 saturated heterocycles. The Labute approximate surface area is 180 Å². The average molecular weight is 504 g/mol. The molecule has 0 aliphatic carbocycles. The zero-order chi connectivity index (χ0) is 19.0. The Morgan fingerprint density at radius 1 is 0.556 bits per heavy atom. The third kappa shape index (κ3) is 5.31. The Morgan fingerprint density at radius 3 is 1.33 bits per heavy atom. The van der Waals surface area contributed by atoms with E-state index in [1.165, 1.54) is 42.1 Å². The predicted molar refractivity (Wildman–Crippen MR) is 127 cm³/mol. The van der Waals surface area contributed by atoms with Crippen LogP contribution in [0.5, 0.6) is 0 Å². The molecular formula is C24H25Br2P. The highest BCUT2D eigenvalue weighted by Gasteiger charge is 2.35. The molecule has 27 heavy (non-hydrogen) atoms. The zero-order valence-corrected chi connectivity index (χ0v) is 19.5. The largest absolute Gasteiger partial charge is 0.0622 e. The van der Waals surface area contributed by atoms with Crippen molar-refractivity contribution in [3.05, 3.63) is 108 Å². The van der Waals surface area contributed by atoms with Crippen molar-refractivity contribution in [1.29, 1.82) is 0 Å². The molecule has 0 fully saturated rings. The van der Waals surface area contributed by atoms with E-state index in [2.05, 4.69) is 122 Å². The van der Waals surface area contributed by atoms with Crippen LogP contribution in [0.3, 0.4) is 0 Å². The monoisotopic (exact) mass is 502 g/mol. The second-order valence-electron chi connectivity index (χ2n) is 6.84. The molecule has 0 unspecified atom stereocenters. The summed E-state index contributed by atoms with van der Waals surface area (Å²) in [4.78, 5) is 0. The highest BCUT2D eigenvalue weighted by atomic mass is 79.9. The molecule has 3 heteroatoms. The van der Waals surface area contributed by atoms with E-state index in [1.807, 2.05) is 0 Å². The van der Waals surface area contributed by atoms with Crippen molar-refractivity contribution in [3.63, 3.8) is 0 Å². The van der Waals surface area contributed by atoms with Crippen LogP contribution in [-0.2, 0) is 5.41 Å². The summed E-state index contributed by atoms with van der Waals surface area (Å²) < 4.78 is 0. The highest BCUT2D eigenvalue weighted by molar-refractivity contribution is 9.69. The molecule has 0 radical (unpaired) electrons. The minimum absolute atomic E-state index is 0.0999. The SMILES string of the molecule is BrP(Br)CCCCCC(c1ccccc1)(c1ccccc1)c1ccccc1. The summed E-state index contributed by atoms with van der Waals surface area (Å²) in [5, 5.41) is -0.152. The third-order valence-corrected chi connectivity index (χ3v) is 7.96. The van der Waals surface area contributed by atoms with E-state index in [0.717, 1.165) is 6.42 Å². The third-order valence-electron chi connectivity index (χ3n) is 5.18. The molecule has 0 saturated carbocycles. The lowest BCUT2D eigenvalue weighted by Crippen LogP contribution is -2.29. The molecule has 140 valence electrons. The molecule has 0 aromatic heterocycles. The lowest BCUT2D eigenvalue weighted by molar-refractivity contribution is 0.515. The molecule has 0 amide bonds. The zero-order valence-electron chi connectivity index (χ0n) is 15.4. The van der Waals surface area contributed by atoms with Crippen molar-refractivity contribution < 1.29 is 0 Å². The first kappa shape index (κ1) is 20.8. The minimum atomic E-state index is -0.152. The van der Waals surface area contributed by atoms with Gasteiger partial charge in [-0.1, -0.05) is 104 Å². The Hall–Kier alpha value is -0.950. The molecule has 3 aromatic rings. The van der Waals surface area contributed by atoms with Crippen molar-refractivity contribution >= 4 is 36.3 Å². The Morgan fingerprint density at radius 2 is 0.963 bits per heavy atom. The van der Waals surface area contributed by atoms with Gasteiger partial charge in [-0.05, 0) is 66.7 Å². The van der Waals surface area contributed by atoms with Gasteiger partial charge in [0.25, 0.3) is 0 Å². The smallest absolute Gasteiger partial charge is 0.0451 e. The summed E-state index contributed by atoms with van der Waals surface area (Å²) in [6.45, 7) is 0. The number of unbranched alkanes of at least 4 members (excludes halogenated alkanes) is 2. The summed E-state index contributed by atoms with van der Waals surface area (Å²) >= 11 is 7.32. The van der Waals surface area contributed by atoms with Crippen molar-refractivity contribution in [3.8, 4) is 0 Å². The second kappa shape index (κ2) is 10.6. The van der Waals surface area contributed by atoms with E-state index in [9.17, 15) is 0 Å². The van der Waals surface area contributed by atoms with Crippen LogP contribution in [0.1, 0.15) is 42.4 Å². The molecule has 3 rings (SSSR count). The summed E-state index contributed by atoms with van der Waals surface area (Å²) in [7, 11) is 0. The maximum Gasteiger partial charge on any atom is 0.0451 e. The predicted octanol–water partition coefficient (Wildman–Crippen LogP) is 8.68. The quantitative estimate of drug-likeness (QED) is 0.155. The lowest BCUT2D eigenvalue weighted by atomic mass is 9.66. The lowest BCUT2D eigenvalue weighted by Gasteiger charge is -2.36. The summed E-state index contributed by atoms with van der Waals surface area (Å²) in [6.07, 6.45) is 6.07. The van der Waals surface area contributed by atoms with Crippen LogP contribution >= 0.6 is 36.3 Å². The van der Waals surface area contributed by atoms with Gasteiger partial charge in [-0.25, -0.2) is 0 Å². The van der Waals surface area contributed by atoms with Crippen LogP contribution in [0, 0.1) is 0 Å². The molecule has 0 bridgehead atoms. The first-order valence-electron chi connectivity index (χ1n) is 9.49. The van der Waals surface area contributed by atoms with Gasteiger partial charge in [0.2, 0.25) is 0 Å². The number of hydrogen-bond donors (Lipinski definition) is 0. The summed E-state index contributed by atoms with van der Waals surface area (Å²) in [5.74, 6) is 0. The van der Waals surface area contributed by atoms with Crippen LogP contribution in [-0.4, -0.2) is 6.16 Å². The van der Waals surface area contributed by atoms with Gasteiger partial charge >= 0.3 is 0 Å². The molecule has 3 aromatic carbocycles. The standard InChI is InChI=1S/C24H25Br2P/c25-27(26)20-12-4-11-19-24(21-13-5-1-6-14-21,22-15-7-2-8-16-22)23-17-9-3-10-18-23/h1-3,5-10,13-18H,4,11-12,19-20H2. The van der Waals surface area contributed by atoms with E-state index >= 15 is 0 Å². The van der Waals surface area contributed by atoms with Crippen molar-refractivity contribution in [2.45, 2.75) is 31.1 Å². The Balaban J connectivity index is 2.01. The van der Waals surface area contributed by atoms with Gasteiger partial charge in [-0.15, -0.1) is 0 Å². The number of halogens is 2. The van der Waals surface area contributed by atoms with Crippen molar-refractivity contribution in [1.82, 2.24) is 0 Å². The number of rotatable bonds is 9. The van der Waals surface area contributed by atoms with E-state index in [-0.39, 0.29) is 10.7 Å². The van der Waals surface area contributed by atoms with E-state index < -0.39 is 0 Å². The van der Waals surface area contributed by atoms with E-state index in [4.69, 9.17) is 0 Å². The normalized spacial score (nSPS) is 11.7. The maximum absolute atomic E-state index is 3.66. The molecule has 0 N–H and O–H groups in total. The van der Waals surface area contributed by atoms with Crippen LogP contribution in [0.4, 0.5) is 0 Å². The van der Waals surface area contributed by atoms with E-state index in [0.29, 0.717) is 0 Å². The van der Waals surface area contributed by atoms with Crippen LogP contribution in [0.25, 0.3) is 0 Å². The second-order valence-corrected chi connectivity index (χ2v) is 15.9. The average Bonchev–Trinajstić information content (AvgIpc) is 2.73. The summed E-state index contributed by atoms with van der Waals surface area (Å²) in [6, 6.07) is 33.0. The van der Waals surface area contributed by atoms with Gasteiger partial charge in [0.1, 0.15) is 0 Å². The van der Waals surface area contributed by atoms with Gasteiger partial charge in [-0.2, -0.15) is 0 Å². The minimum Gasteiger partial charge on any atom is -0.0622 e. The molecule has 0 heterocycles. The fourth-order valence-electron chi connectivity index (χ4n) is 3.90. The van der Waals surface area contributed by atoms with Crippen LogP contribution < -0.4 is 0 Å². The van der Waals surface area contributed by atoms with Gasteiger partial charge in [0.05, 0.1) is 0 Å². The maximum atomic E-state index is 3.66. The molecule has 0 spiro atoms. The van der Waals surface area contributed by atoms with Gasteiger partial charge < -0.3 is 0 Å². The van der Waals surface area contributed by atoms with Gasteiger partial charge in [-0.3, -0.25) is 0 Å². The molecule has 0 aliphatic rings. The topological polar surface area (TPSA) is 0 Å².